The van der Waals surface area contributed by atoms with Crippen LogP contribution in [-0.4, -0.2) is 18.6 Å². The summed E-state index contributed by atoms with van der Waals surface area (Å²) in [4.78, 5) is 24.6. The summed E-state index contributed by atoms with van der Waals surface area (Å²) in [6.45, 7) is 6.44. The van der Waals surface area contributed by atoms with Crippen LogP contribution in [-0.2, 0) is 16.1 Å². The van der Waals surface area contributed by atoms with Gasteiger partial charge in [0.15, 0.2) is 0 Å². The maximum atomic E-state index is 12.6. The zero-order valence-corrected chi connectivity index (χ0v) is 16.9. The van der Waals surface area contributed by atoms with Gasteiger partial charge in [0.2, 0.25) is 0 Å². The van der Waals surface area contributed by atoms with Gasteiger partial charge in [-0.3, -0.25) is 0 Å². The average Bonchev–Trinajstić information content (AvgIpc) is 2.71. The Labute approximate surface area is 170 Å². The molecule has 3 rings (SSSR count). The Morgan fingerprint density at radius 3 is 2.41 bits per heavy atom. The quantitative estimate of drug-likeness (QED) is 0.694. The highest BCUT2D eigenvalue weighted by atomic mass is 16.5. The monoisotopic (exact) mass is 394 g/mol. The summed E-state index contributed by atoms with van der Waals surface area (Å²) in [6, 6.07) is 16.3. The minimum absolute atomic E-state index is 0.227. The van der Waals surface area contributed by atoms with E-state index in [2.05, 4.69) is 10.6 Å². The molecule has 0 saturated carbocycles. The van der Waals surface area contributed by atoms with E-state index in [0.717, 1.165) is 11.1 Å². The van der Waals surface area contributed by atoms with Crippen LogP contribution >= 0.6 is 0 Å². The van der Waals surface area contributed by atoms with Crippen molar-refractivity contribution < 1.29 is 19.1 Å². The smallest absolute Gasteiger partial charge is 0.338 e. The number of urea groups is 1. The minimum Gasteiger partial charge on any atom is -0.489 e. The van der Waals surface area contributed by atoms with Crippen molar-refractivity contribution in [1.29, 1.82) is 0 Å². The van der Waals surface area contributed by atoms with Crippen molar-refractivity contribution in [3.63, 3.8) is 0 Å². The molecule has 29 heavy (non-hydrogen) atoms. The lowest BCUT2D eigenvalue weighted by atomic mass is 9.95. The van der Waals surface area contributed by atoms with E-state index in [1.165, 1.54) is 0 Å². The molecule has 0 bridgehead atoms. The summed E-state index contributed by atoms with van der Waals surface area (Å²) in [5, 5.41) is 5.46. The SMILES string of the molecule is CC1=C(C(=O)OCC(C)C)[C@@H](c2ccc(OCc3ccccc3)cc2)NC(=O)N1. The molecular formula is C23H26N2O4. The molecule has 0 unspecified atom stereocenters. The summed E-state index contributed by atoms with van der Waals surface area (Å²) in [5.74, 6) is 0.506. The largest absolute Gasteiger partial charge is 0.489 e. The van der Waals surface area contributed by atoms with E-state index < -0.39 is 12.0 Å². The van der Waals surface area contributed by atoms with Crippen LogP contribution in [0.25, 0.3) is 0 Å². The number of hydrogen-bond acceptors (Lipinski definition) is 4. The molecule has 1 heterocycles. The first-order valence-corrected chi connectivity index (χ1v) is 9.66. The molecule has 2 aromatic rings. The number of ether oxygens (including phenoxy) is 2. The van der Waals surface area contributed by atoms with E-state index in [9.17, 15) is 9.59 Å². The lowest BCUT2D eigenvalue weighted by molar-refractivity contribution is -0.140. The van der Waals surface area contributed by atoms with Crippen molar-refractivity contribution in [3.8, 4) is 5.75 Å². The molecule has 0 fully saturated rings. The molecule has 6 nitrogen and oxygen atoms in total. The van der Waals surface area contributed by atoms with E-state index in [1.807, 2.05) is 68.4 Å². The molecule has 2 N–H and O–H groups in total. The number of hydrogen-bond donors (Lipinski definition) is 2. The van der Waals surface area contributed by atoms with Gasteiger partial charge < -0.3 is 20.1 Å². The van der Waals surface area contributed by atoms with E-state index in [1.54, 1.807) is 6.92 Å². The molecular weight excluding hydrogens is 368 g/mol. The number of benzene rings is 2. The Morgan fingerprint density at radius 2 is 1.76 bits per heavy atom. The minimum atomic E-state index is -0.577. The number of rotatable bonds is 7. The average molecular weight is 394 g/mol. The summed E-state index contributed by atoms with van der Waals surface area (Å²) in [7, 11) is 0. The lowest BCUT2D eigenvalue weighted by Gasteiger charge is -2.28. The van der Waals surface area contributed by atoms with Crippen molar-refractivity contribution in [2.75, 3.05) is 6.61 Å². The highest BCUT2D eigenvalue weighted by molar-refractivity contribution is 5.95. The number of amides is 2. The number of allylic oxidation sites excluding steroid dienone is 1. The van der Waals surface area contributed by atoms with E-state index >= 15 is 0 Å². The summed E-state index contributed by atoms with van der Waals surface area (Å²) < 4.78 is 11.2. The van der Waals surface area contributed by atoms with Gasteiger partial charge in [0.25, 0.3) is 0 Å². The molecule has 0 aliphatic carbocycles. The standard InChI is InChI=1S/C23H26N2O4/c1-15(2)13-29-22(26)20-16(3)24-23(27)25-21(20)18-9-11-19(12-10-18)28-14-17-7-5-4-6-8-17/h4-12,15,21H,13-14H2,1-3H3,(H2,24,25,27)/t21-/m1/s1. The zero-order chi connectivity index (χ0) is 20.8. The second-order valence-electron chi connectivity index (χ2n) is 7.41. The van der Waals surface area contributed by atoms with Gasteiger partial charge in [0, 0.05) is 5.70 Å². The van der Waals surface area contributed by atoms with Gasteiger partial charge in [0.05, 0.1) is 18.2 Å². The molecule has 1 atom stereocenters. The van der Waals surface area contributed by atoms with Crippen LogP contribution in [0.4, 0.5) is 4.79 Å². The molecule has 152 valence electrons. The van der Waals surface area contributed by atoms with Gasteiger partial charge in [0.1, 0.15) is 12.4 Å². The fourth-order valence-electron chi connectivity index (χ4n) is 3.03. The van der Waals surface area contributed by atoms with Gasteiger partial charge in [-0.05, 0) is 36.1 Å². The van der Waals surface area contributed by atoms with Crippen LogP contribution in [0, 0.1) is 5.92 Å². The number of carbonyl (C=O) groups excluding carboxylic acids is 2. The summed E-state index contributed by atoms with van der Waals surface area (Å²) in [6.07, 6.45) is 0. The van der Waals surface area contributed by atoms with Crippen LogP contribution in [0.2, 0.25) is 0 Å². The molecule has 0 aromatic heterocycles. The Morgan fingerprint density at radius 1 is 1.07 bits per heavy atom. The fraction of sp³-hybridized carbons (Fsp3) is 0.304. The maximum Gasteiger partial charge on any atom is 0.338 e. The summed E-state index contributed by atoms with van der Waals surface area (Å²) in [5.41, 5.74) is 2.76. The number of carbonyl (C=O) groups is 2. The maximum absolute atomic E-state index is 12.6. The fourth-order valence-corrected chi connectivity index (χ4v) is 3.03. The van der Waals surface area contributed by atoms with Crippen LogP contribution in [0.1, 0.15) is 37.9 Å². The first-order valence-electron chi connectivity index (χ1n) is 9.66. The normalized spacial score (nSPS) is 16.3. The van der Waals surface area contributed by atoms with E-state index in [4.69, 9.17) is 9.47 Å². The third-order valence-electron chi connectivity index (χ3n) is 4.50. The number of esters is 1. The van der Waals surface area contributed by atoms with Gasteiger partial charge in [-0.25, -0.2) is 9.59 Å². The van der Waals surface area contributed by atoms with Gasteiger partial charge in [-0.1, -0.05) is 56.3 Å². The molecule has 1 aliphatic heterocycles. The van der Waals surface area contributed by atoms with Crippen LogP contribution < -0.4 is 15.4 Å². The number of nitrogens with one attached hydrogen (secondary N) is 2. The first kappa shape index (κ1) is 20.5. The van der Waals surface area contributed by atoms with Crippen molar-refractivity contribution in [2.24, 2.45) is 5.92 Å². The molecule has 6 heteroatoms. The van der Waals surface area contributed by atoms with Crippen molar-refractivity contribution in [1.82, 2.24) is 10.6 Å². The van der Waals surface area contributed by atoms with Crippen molar-refractivity contribution >= 4 is 12.0 Å². The van der Waals surface area contributed by atoms with Gasteiger partial charge >= 0.3 is 12.0 Å². The van der Waals surface area contributed by atoms with Crippen LogP contribution in [0.3, 0.4) is 0 Å². The third-order valence-corrected chi connectivity index (χ3v) is 4.50. The van der Waals surface area contributed by atoms with Crippen molar-refractivity contribution in [2.45, 2.75) is 33.4 Å². The predicted octanol–water partition coefficient (Wildman–Crippen LogP) is 4.09. The molecule has 0 radical (unpaired) electrons. The second-order valence-corrected chi connectivity index (χ2v) is 7.41. The Hall–Kier alpha value is -3.28. The van der Waals surface area contributed by atoms with Gasteiger partial charge in [-0.15, -0.1) is 0 Å². The topological polar surface area (TPSA) is 76.7 Å². The molecule has 2 aromatic carbocycles. The molecule has 0 saturated heterocycles. The summed E-state index contributed by atoms with van der Waals surface area (Å²) >= 11 is 0. The van der Waals surface area contributed by atoms with Crippen LogP contribution in [0.15, 0.2) is 65.9 Å². The van der Waals surface area contributed by atoms with Crippen molar-refractivity contribution in [3.05, 3.63) is 77.0 Å². The highest BCUT2D eigenvalue weighted by Crippen LogP contribution is 2.29. The zero-order valence-electron chi connectivity index (χ0n) is 16.9. The van der Waals surface area contributed by atoms with Gasteiger partial charge in [-0.2, -0.15) is 0 Å². The van der Waals surface area contributed by atoms with Crippen LogP contribution in [0.5, 0.6) is 5.75 Å². The lowest BCUT2D eigenvalue weighted by Crippen LogP contribution is -2.45. The Kier molecular flexibility index (Phi) is 6.54. The molecule has 2 amide bonds. The highest BCUT2D eigenvalue weighted by Gasteiger charge is 2.32. The first-order chi connectivity index (χ1) is 13.9. The Balaban J connectivity index is 1.75. The van der Waals surface area contributed by atoms with E-state index in [0.29, 0.717) is 30.2 Å². The Bertz CT molecular complexity index is 889. The predicted molar refractivity (Wildman–Crippen MR) is 110 cm³/mol. The molecule has 1 aliphatic rings. The van der Waals surface area contributed by atoms with E-state index in [-0.39, 0.29) is 11.9 Å². The second kappa shape index (κ2) is 9.28. The molecule has 0 spiro atoms. The third kappa shape index (κ3) is 5.38.